The van der Waals surface area contributed by atoms with Gasteiger partial charge >= 0.3 is 5.97 Å². The number of carbonyl (C=O) groups is 1. The van der Waals surface area contributed by atoms with Crippen molar-refractivity contribution in [2.75, 3.05) is 0 Å². The van der Waals surface area contributed by atoms with Crippen molar-refractivity contribution in [3.8, 4) is 22.4 Å². The van der Waals surface area contributed by atoms with Gasteiger partial charge in [0, 0.05) is 23.3 Å². The number of rotatable bonds is 3. The van der Waals surface area contributed by atoms with Crippen molar-refractivity contribution in [2.24, 2.45) is 0 Å². The Balaban J connectivity index is 2.08. The molecule has 0 aliphatic rings. The summed E-state index contributed by atoms with van der Waals surface area (Å²) in [5.41, 5.74) is 3.99. The maximum absolute atomic E-state index is 11.8. The van der Waals surface area contributed by atoms with Crippen LogP contribution in [0, 0.1) is 0 Å². The molecule has 0 spiro atoms. The lowest BCUT2D eigenvalue weighted by molar-refractivity contribution is 0.0697. The van der Waals surface area contributed by atoms with Gasteiger partial charge in [-0.25, -0.2) is 4.79 Å². The zero-order valence-electron chi connectivity index (χ0n) is 12.6. The Hall–Kier alpha value is -3.47. The van der Waals surface area contributed by atoms with E-state index in [0.29, 0.717) is 11.3 Å². The molecular formula is C19H13N3O2. The Kier molecular flexibility index (Phi) is 3.31. The first-order valence-corrected chi connectivity index (χ1v) is 7.46. The van der Waals surface area contributed by atoms with E-state index in [0.717, 1.165) is 22.0 Å². The maximum atomic E-state index is 11.8. The van der Waals surface area contributed by atoms with Crippen LogP contribution in [0.3, 0.4) is 0 Å². The smallest absolute Gasteiger partial charge is 0.336 e. The Labute approximate surface area is 137 Å². The van der Waals surface area contributed by atoms with Gasteiger partial charge in [0.05, 0.1) is 11.1 Å². The molecule has 4 rings (SSSR count). The van der Waals surface area contributed by atoms with Crippen molar-refractivity contribution >= 4 is 16.9 Å². The Morgan fingerprint density at radius 3 is 2.62 bits per heavy atom. The van der Waals surface area contributed by atoms with Gasteiger partial charge in [-0.05, 0) is 23.3 Å². The second-order valence-electron chi connectivity index (χ2n) is 5.39. The number of aromatic nitrogens is 3. The predicted molar refractivity (Wildman–Crippen MR) is 91.7 cm³/mol. The molecule has 5 heteroatoms. The molecule has 2 aromatic carbocycles. The summed E-state index contributed by atoms with van der Waals surface area (Å²) >= 11 is 0. The molecule has 0 fully saturated rings. The highest BCUT2D eigenvalue weighted by Crippen LogP contribution is 2.37. The first kappa shape index (κ1) is 14.1. The topological polar surface area (TPSA) is 78.9 Å². The largest absolute Gasteiger partial charge is 0.478 e. The highest BCUT2D eigenvalue weighted by Gasteiger charge is 2.20. The molecule has 0 aliphatic heterocycles. The molecule has 0 unspecified atom stereocenters. The number of carboxylic acids is 1. The number of nitrogens with one attached hydrogen (secondary N) is 1. The first-order chi connectivity index (χ1) is 11.8. The van der Waals surface area contributed by atoms with Crippen molar-refractivity contribution in [3.05, 3.63) is 72.6 Å². The number of fused-ring (bicyclic) bond motifs is 1. The molecule has 4 aromatic rings. The molecule has 0 aliphatic carbocycles. The van der Waals surface area contributed by atoms with E-state index < -0.39 is 5.97 Å². The molecule has 2 N–H and O–H groups in total. The zero-order valence-corrected chi connectivity index (χ0v) is 12.6. The summed E-state index contributed by atoms with van der Waals surface area (Å²) in [5, 5.41) is 17.8. The third kappa shape index (κ3) is 2.23. The molecule has 5 nitrogen and oxygen atoms in total. The van der Waals surface area contributed by atoms with Gasteiger partial charge in [0.2, 0.25) is 0 Å². The summed E-state index contributed by atoms with van der Waals surface area (Å²) in [7, 11) is 0. The van der Waals surface area contributed by atoms with Crippen LogP contribution in [-0.2, 0) is 0 Å². The van der Waals surface area contributed by atoms with Gasteiger partial charge in [-0.2, -0.15) is 5.10 Å². The number of aromatic amines is 1. The van der Waals surface area contributed by atoms with Crippen LogP contribution in [0.25, 0.3) is 33.3 Å². The Morgan fingerprint density at radius 1 is 1.00 bits per heavy atom. The minimum absolute atomic E-state index is 0.216. The van der Waals surface area contributed by atoms with Gasteiger partial charge in [-0.1, -0.05) is 42.5 Å². The molecule has 24 heavy (non-hydrogen) atoms. The summed E-state index contributed by atoms with van der Waals surface area (Å²) < 4.78 is 0. The van der Waals surface area contributed by atoms with Crippen LogP contribution in [0.5, 0.6) is 0 Å². The average Bonchev–Trinajstić information content (AvgIpc) is 3.05. The number of hydrogen-bond donors (Lipinski definition) is 2. The van der Waals surface area contributed by atoms with Crippen molar-refractivity contribution in [1.82, 2.24) is 15.2 Å². The number of H-pyrrole nitrogens is 1. The molecule has 0 saturated heterocycles. The van der Waals surface area contributed by atoms with Crippen molar-refractivity contribution in [1.29, 1.82) is 0 Å². The van der Waals surface area contributed by atoms with Crippen LogP contribution in [0.1, 0.15) is 10.4 Å². The fourth-order valence-corrected chi connectivity index (χ4v) is 2.89. The maximum Gasteiger partial charge on any atom is 0.336 e. The number of aromatic carboxylic acids is 1. The molecule has 116 valence electrons. The van der Waals surface area contributed by atoms with Crippen molar-refractivity contribution in [2.45, 2.75) is 0 Å². The SMILES string of the molecule is O=C(O)c1cccc(-c2ccccc2)c1-c1n[nH]c2ccncc12. The van der Waals surface area contributed by atoms with Gasteiger partial charge in [-0.15, -0.1) is 0 Å². The number of nitrogens with zero attached hydrogens (tertiary/aromatic N) is 2. The van der Waals surface area contributed by atoms with Crippen LogP contribution in [0.15, 0.2) is 67.0 Å². The van der Waals surface area contributed by atoms with E-state index in [9.17, 15) is 9.90 Å². The van der Waals surface area contributed by atoms with Crippen LogP contribution in [0.4, 0.5) is 0 Å². The number of benzene rings is 2. The summed E-state index contributed by atoms with van der Waals surface area (Å²) in [6.45, 7) is 0. The second-order valence-corrected chi connectivity index (χ2v) is 5.39. The quantitative estimate of drug-likeness (QED) is 0.599. The minimum Gasteiger partial charge on any atom is -0.478 e. The lowest BCUT2D eigenvalue weighted by Crippen LogP contribution is -2.01. The van der Waals surface area contributed by atoms with E-state index in [4.69, 9.17) is 0 Å². The molecular weight excluding hydrogens is 302 g/mol. The van der Waals surface area contributed by atoms with Gasteiger partial charge in [0.1, 0.15) is 5.69 Å². The van der Waals surface area contributed by atoms with Crippen LogP contribution < -0.4 is 0 Å². The lowest BCUT2D eigenvalue weighted by atomic mass is 9.92. The number of pyridine rings is 1. The molecule has 0 bridgehead atoms. The van der Waals surface area contributed by atoms with Crippen molar-refractivity contribution < 1.29 is 9.90 Å². The third-order valence-electron chi connectivity index (χ3n) is 3.98. The number of carboxylic acid groups (broad SMARTS) is 1. The fourth-order valence-electron chi connectivity index (χ4n) is 2.89. The lowest BCUT2D eigenvalue weighted by Gasteiger charge is -2.11. The van der Waals surface area contributed by atoms with E-state index in [-0.39, 0.29) is 5.56 Å². The van der Waals surface area contributed by atoms with Crippen LogP contribution in [0.2, 0.25) is 0 Å². The summed E-state index contributed by atoms with van der Waals surface area (Å²) in [6, 6.07) is 16.8. The van der Waals surface area contributed by atoms with E-state index in [1.54, 1.807) is 24.5 Å². The molecule has 0 saturated carbocycles. The zero-order chi connectivity index (χ0) is 16.5. The van der Waals surface area contributed by atoms with Gasteiger partial charge in [-0.3, -0.25) is 10.1 Å². The highest BCUT2D eigenvalue weighted by molar-refractivity contribution is 6.05. The second kappa shape index (κ2) is 5.62. The number of hydrogen-bond acceptors (Lipinski definition) is 3. The molecule has 0 radical (unpaired) electrons. The Morgan fingerprint density at radius 2 is 1.83 bits per heavy atom. The standard InChI is InChI=1S/C19H13N3O2/c23-19(24)14-8-4-7-13(12-5-2-1-3-6-12)17(14)18-15-11-20-10-9-16(15)21-22-18/h1-11H,(H,21,22)(H,23,24). The predicted octanol–water partition coefficient (Wildman–Crippen LogP) is 3.99. The van der Waals surface area contributed by atoms with E-state index in [1.165, 1.54) is 0 Å². The van der Waals surface area contributed by atoms with Gasteiger partial charge < -0.3 is 5.11 Å². The first-order valence-electron chi connectivity index (χ1n) is 7.46. The summed E-state index contributed by atoms with van der Waals surface area (Å²) in [6.07, 6.45) is 3.37. The van der Waals surface area contributed by atoms with Gasteiger partial charge in [0.25, 0.3) is 0 Å². The fraction of sp³-hybridized carbons (Fsp3) is 0. The monoisotopic (exact) mass is 315 g/mol. The van der Waals surface area contributed by atoms with E-state index >= 15 is 0 Å². The van der Waals surface area contributed by atoms with Crippen LogP contribution in [-0.4, -0.2) is 26.3 Å². The normalized spacial score (nSPS) is 10.8. The molecule has 0 amide bonds. The highest BCUT2D eigenvalue weighted by atomic mass is 16.4. The molecule has 0 atom stereocenters. The Bertz CT molecular complexity index is 1040. The van der Waals surface area contributed by atoms with E-state index in [1.807, 2.05) is 42.5 Å². The third-order valence-corrected chi connectivity index (χ3v) is 3.98. The molecule has 2 aromatic heterocycles. The van der Waals surface area contributed by atoms with Crippen LogP contribution >= 0.6 is 0 Å². The van der Waals surface area contributed by atoms with Gasteiger partial charge in [0.15, 0.2) is 0 Å². The summed E-state index contributed by atoms with van der Waals surface area (Å²) in [4.78, 5) is 15.9. The minimum atomic E-state index is -0.983. The van der Waals surface area contributed by atoms with E-state index in [2.05, 4.69) is 15.2 Å². The molecule has 2 heterocycles. The average molecular weight is 315 g/mol. The summed E-state index contributed by atoms with van der Waals surface area (Å²) in [5.74, 6) is -0.983. The van der Waals surface area contributed by atoms with Crippen molar-refractivity contribution in [3.63, 3.8) is 0 Å².